The molecular weight excluding hydrogens is 484 g/mol. The van der Waals surface area contributed by atoms with Crippen molar-refractivity contribution in [2.45, 2.75) is 20.1 Å². The Morgan fingerprint density at radius 1 is 1.03 bits per heavy atom. The van der Waals surface area contributed by atoms with Crippen LogP contribution in [-0.4, -0.2) is 34.5 Å². The Hall–Kier alpha value is -4.30. The predicted octanol–water partition coefficient (Wildman–Crippen LogP) is 5.11. The minimum absolute atomic E-state index is 0.127. The summed E-state index contributed by atoms with van der Waals surface area (Å²) in [6.45, 7) is 2.47. The molecule has 0 atom stereocenters. The summed E-state index contributed by atoms with van der Waals surface area (Å²) in [5.74, 6) is -0.760. The van der Waals surface area contributed by atoms with E-state index in [2.05, 4.69) is 5.32 Å². The van der Waals surface area contributed by atoms with Crippen LogP contribution in [0.25, 0.3) is 6.08 Å². The van der Waals surface area contributed by atoms with Crippen molar-refractivity contribution in [3.63, 3.8) is 0 Å². The first kappa shape index (κ1) is 24.8. The maximum absolute atomic E-state index is 12.9. The predicted molar refractivity (Wildman–Crippen MR) is 134 cm³/mol. The van der Waals surface area contributed by atoms with Gasteiger partial charge in [0.15, 0.2) is 11.5 Å². The number of nitrogens with one attached hydrogen (secondary N) is 1. The number of amides is 3. The normalized spacial score (nSPS) is 14.2. The van der Waals surface area contributed by atoms with E-state index in [-0.39, 0.29) is 29.4 Å². The zero-order valence-electron chi connectivity index (χ0n) is 19.4. The van der Waals surface area contributed by atoms with Gasteiger partial charge in [-0.15, -0.1) is 0 Å². The molecule has 0 radical (unpaired) electrons. The van der Waals surface area contributed by atoms with Gasteiger partial charge >= 0.3 is 12.0 Å². The Morgan fingerprint density at radius 3 is 2.42 bits per heavy atom. The van der Waals surface area contributed by atoms with Crippen molar-refractivity contribution >= 4 is 35.6 Å². The average molecular weight is 507 g/mol. The number of carboxylic acid groups (broad SMARTS) is 1. The summed E-state index contributed by atoms with van der Waals surface area (Å²) in [5.41, 5.74) is 2.44. The van der Waals surface area contributed by atoms with Crippen molar-refractivity contribution < 1.29 is 29.0 Å². The number of halogens is 1. The van der Waals surface area contributed by atoms with E-state index in [4.69, 9.17) is 26.2 Å². The van der Waals surface area contributed by atoms with Crippen LogP contribution in [0.5, 0.6) is 11.5 Å². The second-order valence-electron chi connectivity index (χ2n) is 7.92. The molecule has 9 heteroatoms. The highest BCUT2D eigenvalue weighted by atomic mass is 35.5. The van der Waals surface area contributed by atoms with Crippen LogP contribution in [0.1, 0.15) is 34.0 Å². The van der Waals surface area contributed by atoms with E-state index in [1.165, 1.54) is 18.2 Å². The van der Waals surface area contributed by atoms with Gasteiger partial charge in [-0.2, -0.15) is 0 Å². The lowest BCUT2D eigenvalue weighted by Gasteiger charge is -2.15. The monoisotopic (exact) mass is 506 g/mol. The highest BCUT2D eigenvalue weighted by Gasteiger charge is 2.33. The molecule has 1 fully saturated rings. The molecule has 1 saturated heterocycles. The Bertz CT molecular complexity index is 1320. The Labute approximate surface area is 212 Å². The van der Waals surface area contributed by atoms with E-state index >= 15 is 0 Å². The molecular formula is C27H23ClN2O6. The maximum atomic E-state index is 12.9. The molecule has 184 valence electrons. The highest BCUT2D eigenvalue weighted by Crippen LogP contribution is 2.38. The molecule has 8 nitrogen and oxygen atoms in total. The zero-order valence-corrected chi connectivity index (χ0v) is 20.1. The van der Waals surface area contributed by atoms with Gasteiger partial charge in [0.25, 0.3) is 5.91 Å². The fourth-order valence-electron chi connectivity index (χ4n) is 3.62. The van der Waals surface area contributed by atoms with Crippen molar-refractivity contribution in [2.75, 3.05) is 6.61 Å². The van der Waals surface area contributed by atoms with E-state index in [0.717, 1.165) is 16.0 Å². The van der Waals surface area contributed by atoms with Crippen molar-refractivity contribution in [1.82, 2.24) is 10.2 Å². The van der Waals surface area contributed by atoms with Crippen LogP contribution in [-0.2, 0) is 17.9 Å². The first-order chi connectivity index (χ1) is 17.4. The van der Waals surface area contributed by atoms with Crippen LogP contribution in [0, 0.1) is 0 Å². The van der Waals surface area contributed by atoms with E-state index in [0.29, 0.717) is 23.7 Å². The molecule has 3 aromatic rings. The smallest absolute Gasteiger partial charge is 0.335 e. The molecule has 3 amide bonds. The number of imide groups is 1. The first-order valence-corrected chi connectivity index (χ1v) is 11.5. The molecule has 3 aromatic carbocycles. The number of ether oxygens (including phenoxy) is 2. The number of carboxylic acids is 1. The lowest BCUT2D eigenvalue weighted by molar-refractivity contribution is -0.123. The topological polar surface area (TPSA) is 105 Å². The minimum Gasteiger partial charge on any atom is -0.490 e. The summed E-state index contributed by atoms with van der Waals surface area (Å²) < 4.78 is 11.6. The summed E-state index contributed by atoms with van der Waals surface area (Å²) in [5, 5.41) is 11.9. The number of hydrogen-bond acceptors (Lipinski definition) is 5. The fraction of sp³-hybridized carbons (Fsp3) is 0.148. The number of carbonyl (C=O) groups is 3. The van der Waals surface area contributed by atoms with Crippen LogP contribution in [0.15, 0.2) is 72.4 Å². The third-order valence-electron chi connectivity index (χ3n) is 5.37. The van der Waals surface area contributed by atoms with Crippen molar-refractivity contribution in [3.8, 4) is 11.5 Å². The number of aromatic carboxylic acids is 1. The van der Waals surface area contributed by atoms with Gasteiger partial charge < -0.3 is 19.9 Å². The molecule has 36 heavy (non-hydrogen) atoms. The fourth-order valence-corrected chi connectivity index (χ4v) is 3.89. The van der Waals surface area contributed by atoms with Crippen molar-refractivity contribution in [1.29, 1.82) is 0 Å². The molecule has 0 aliphatic carbocycles. The summed E-state index contributed by atoms with van der Waals surface area (Å²) in [6.07, 6.45) is 1.54. The Balaban J connectivity index is 1.53. The molecule has 0 saturated carbocycles. The number of rotatable bonds is 9. The molecule has 1 aliphatic rings. The molecule has 1 heterocycles. The zero-order chi connectivity index (χ0) is 25.7. The van der Waals surface area contributed by atoms with Crippen LogP contribution in [0.4, 0.5) is 4.79 Å². The molecule has 0 unspecified atom stereocenters. The highest BCUT2D eigenvalue weighted by molar-refractivity contribution is 6.32. The molecule has 0 bridgehead atoms. The standard InChI is InChI=1S/C27H23ClN2O6/c1-2-35-23-14-19(12-21(28)24(23)36-16-18-8-10-20(11-9-18)26(32)33)13-22-25(31)30(27(34)29-22)15-17-6-4-3-5-7-17/h3-14H,2,15-16H2,1H3,(H,29,34)(H,32,33)/b22-13+. The number of carbonyl (C=O) groups excluding carboxylic acids is 2. The minimum atomic E-state index is -1.01. The first-order valence-electron chi connectivity index (χ1n) is 11.2. The number of benzene rings is 3. The van der Waals surface area contributed by atoms with Gasteiger partial charge in [-0.25, -0.2) is 9.59 Å². The molecule has 2 N–H and O–H groups in total. The summed E-state index contributed by atoms with van der Waals surface area (Å²) in [7, 11) is 0. The van der Waals surface area contributed by atoms with Gasteiger partial charge in [0.1, 0.15) is 12.3 Å². The molecule has 0 spiro atoms. The van der Waals surface area contributed by atoms with Crippen LogP contribution < -0.4 is 14.8 Å². The second kappa shape index (κ2) is 11.0. The quantitative estimate of drug-likeness (QED) is 0.309. The van der Waals surface area contributed by atoms with Gasteiger partial charge in [-0.1, -0.05) is 54.1 Å². The third kappa shape index (κ3) is 5.67. The van der Waals surface area contributed by atoms with Gasteiger partial charge in [0.2, 0.25) is 0 Å². The lowest BCUT2D eigenvalue weighted by atomic mass is 10.1. The Kier molecular flexibility index (Phi) is 7.56. The maximum Gasteiger partial charge on any atom is 0.335 e. The average Bonchev–Trinajstić information content (AvgIpc) is 3.12. The number of hydrogen-bond donors (Lipinski definition) is 2. The molecule has 4 rings (SSSR count). The van der Waals surface area contributed by atoms with Gasteiger partial charge in [0.05, 0.1) is 23.7 Å². The molecule has 1 aliphatic heterocycles. The van der Waals surface area contributed by atoms with E-state index in [1.54, 1.807) is 24.3 Å². The van der Waals surface area contributed by atoms with Crippen molar-refractivity contribution in [2.24, 2.45) is 0 Å². The van der Waals surface area contributed by atoms with E-state index < -0.39 is 17.9 Å². The van der Waals surface area contributed by atoms with Crippen LogP contribution in [0.2, 0.25) is 5.02 Å². The molecule has 0 aromatic heterocycles. The van der Waals surface area contributed by atoms with Crippen LogP contribution in [0.3, 0.4) is 0 Å². The van der Waals surface area contributed by atoms with Gasteiger partial charge in [0, 0.05) is 0 Å². The van der Waals surface area contributed by atoms with Gasteiger partial charge in [-0.3, -0.25) is 9.69 Å². The van der Waals surface area contributed by atoms with Gasteiger partial charge in [-0.05, 0) is 54.0 Å². The lowest BCUT2D eigenvalue weighted by Crippen LogP contribution is -2.30. The van der Waals surface area contributed by atoms with E-state index in [1.807, 2.05) is 37.3 Å². The second-order valence-corrected chi connectivity index (χ2v) is 8.33. The van der Waals surface area contributed by atoms with Crippen molar-refractivity contribution in [3.05, 3.63) is 99.7 Å². The SMILES string of the molecule is CCOc1cc(/C=C2/NC(=O)N(Cc3ccccc3)C2=O)cc(Cl)c1OCc1ccc(C(=O)O)cc1. The summed E-state index contributed by atoms with van der Waals surface area (Å²) in [6, 6.07) is 18.3. The third-order valence-corrected chi connectivity index (χ3v) is 5.65. The summed E-state index contributed by atoms with van der Waals surface area (Å²) in [4.78, 5) is 37.4. The van der Waals surface area contributed by atoms with E-state index in [9.17, 15) is 14.4 Å². The Morgan fingerprint density at radius 2 is 1.75 bits per heavy atom. The largest absolute Gasteiger partial charge is 0.490 e. The number of nitrogens with zero attached hydrogens (tertiary/aromatic N) is 1. The summed E-state index contributed by atoms with van der Waals surface area (Å²) >= 11 is 6.50. The van der Waals surface area contributed by atoms with Crippen LogP contribution >= 0.6 is 11.6 Å². The number of urea groups is 1.